The Bertz CT molecular complexity index is 383. The quantitative estimate of drug-likeness (QED) is 0.875. The van der Waals surface area contributed by atoms with Gasteiger partial charge in [0.2, 0.25) is 0 Å². The van der Waals surface area contributed by atoms with Gasteiger partial charge < -0.3 is 15.2 Å². The van der Waals surface area contributed by atoms with Gasteiger partial charge in [0.25, 0.3) is 0 Å². The predicted molar refractivity (Wildman–Crippen MR) is 68.7 cm³/mol. The summed E-state index contributed by atoms with van der Waals surface area (Å²) >= 11 is 0. The van der Waals surface area contributed by atoms with Crippen LogP contribution in [0.5, 0.6) is 11.5 Å². The summed E-state index contributed by atoms with van der Waals surface area (Å²) in [5.74, 6) is 1.81. The summed E-state index contributed by atoms with van der Waals surface area (Å²) in [5.41, 5.74) is 7.28. The number of benzene rings is 1. The second-order valence-corrected chi connectivity index (χ2v) is 5.10. The molecule has 0 spiro atoms. The highest BCUT2D eigenvalue weighted by Crippen LogP contribution is 2.47. The molecule has 1 aliphatic carbocycles. The minimum Gasteiger partial charge on any atom is -0.496 e. The van der Waals surface area contributed by atoms with Crippen molar-refractivity contribution in [2.24, 2.45) is 5.73 Å². The van der Waals surface area contributed by atoms with Crippen LogP contribution < -0.4 is 15.2 Å². The lowest BCUT2D eigenvalue weighted by Crippen LogP contribution is -2.23. The molecule has 0 bridgehead atoms. The third kappa shape index (κ3) is 2.12. The number of methoxy groups -OCH3 is 2. The number of hydrogen-bond acceptors (Lipinski definition) is 3. The molecule has 0 saturated heterocycles. The summed E-state index contributed by atoms with van der Waals surface area (Å²) in [7, 11) is 3.41. The lowest BCUT2D eigenvalue weighted by Gasteiger charge is -2.28. The monoisotopic (exact) mass is 235 g/mol. The molecule has 0 aliphatic heterocycles. The largest absolute Gasteiger partial charge is 0.496 e. The summed E-state index contributed by atoms with van der Waals surface area (Å²) in [5, 5.41) is 0. The van der Waals surface area contributed by atoms with Crippen molar-refractivity contribution in [2.75, 3.05) is 14.2 Å². The van der Waals surface area contributed by atoms with Crippen LogP contribution in [0.15, 0.2) is 18.2 Å². The van der Waals surface area contributed by atoms with Crippen LogP contribution in [-0.4, -0.2) is 20.3 Å². The van der Waals surface area contributed by atoms with E-state index in [1.54, 1.807) is 14.2 Å². The van der Waals surface area contributed by atoms with Crippen LogP contribution in [0.25, 0.3) is 0 Å². The van der Waals surface area contributed by atoms with E-state index in [0.29, 0.717) is 0 Å². The molecular weight excluding hydrogens is 214 g/mol. The molecular formula is C14H21NO2. The molecule has 0 amide bonds. The summed E-state index contributed by atoms with van der Waals surface area (Å²) in [6, 6.07) is 6.23. The van der Waals surface area contributed by atoms with Crippen LogP contribution in [0.2, 0.25) is 0 Å². The number of nitrogens with two attached hydrogens (primary N) is 1. The van der Waals surface area contributed by atoms with E-state index >= 15 is 0 Å². The Kier molecular flexibility index (Phi) is 3.29. The zero-order valence-electron chi connectivity index (χ0n) is 10.8. The van der Waals surface area contributed by atoms with Gasteiger partial charge in [0.15, 0.2) is 0 Å². The van der Waals surface area contributed by atoms with E-state index in [1.807, 2.05) is 18.2 Å². The van der Waals surface area contributed by atoms with E-state index in [9.17, 15) is 0 Å². The first kappa shape index (κ1) is 12.2. The van der Waals surface area contributed by atoms with Gasteiger partial charge in [0.1, 0.15) is 11.5 Å². The first-order valence-electron chi connectivity index (χ1n) is 6.08. The van der Waals surface area contributed by atoms with Crippen LogP contribution in [0.4, 0.5) is 0 Å². The first-order chi connectivity index (χ1) is 8.10. The van der Waals surface area contributed by atoms with E-state index in [0.717, 1.165) is 36.3 Å². The van der Waals surface area contributed by atoms with Gasteiger partial charge in [-0.05, 0) is 31.4 Å². The molecule has 1 aromatic rings. The molecule has 0 radical (unpaired) electrons. The van der Waals surface area contributed by atoms with Gasteiger partial charge in [-0.1, -0.05) is 13.0 Å². The maximum absolute atomic E-state index is 6.05. The Morgan fingerprint density at radius 2 is 1.82 bits per heavy atom. The minimum atomic E-state index is 0.0668. The van der Waals surface area contributed by atoms with Crippen molar-refractivity contribution in [1.82, 2.24) is 0 Å². The Balaban J connectivity index is 2.49. The van der Waals surface area contributed by atoms with Gasteiger partial charge >= 0.3 is 0 Å². The molecule has 2 unspecified atom stereocenters. The normalized spacial score (nSPS) is 28.1. The molecule has 0 aromatic heterocycles. The molecule has 2 atom stereocenters. The molecule has 94 valence electrons. The van der Waals surface area contributed by atoms with Crippen molar-refractivity contribution in [3.05, 3.63) is 23.8 Å². The smallest absolute Gasteiger partial charge is 0.126 e. The van der Waals surface area contributed by atoms with Crippen molar-refractivity contribution in [3.63, 3.8) is 0 Å². The zero-order valence-corrected chi connectivity index (χ0v) is 10.8. The van der Waals surface area contributed by atoms with E-state index < -0.39 is 0 Å². The lowest BCUT2D eigenvalue weighted by molar-refractivity contribution is 0.354. The molecule has 0 heterocycles. The van der Waals surface area contributed by atoms with Crippen molar-refractivity contribution in [2.45, 2.75) is 37.6 Å². The van der Waals surface area contributed by atoms with Crippen LogP contribution >= 0.6 is 0 Å². The number of ether oxygens (including phenoxy) is 2. The molecule has 17 heavy (non-hydrogen) atoms. The molecule has 1 fully saturated rings. The van der Waals surface area contributed by atoms with Gasteiger partial charge in [-0.15, -0.1) is 0 Å². The maximum Gasteiger partial charge on any atom is 0.126 e. The van der Waals surface area contributed by atoms with Gasteiger partial charge in [-0.2, -0.15) is 0 Å². The van der Waals surface area contributed by atoms with Crippen molar-refractivity contribution >= 4 is 0 Å². The van der Waals surface area contributed by atoms with E-state index in [4.69, 9.17) is 15.2 Å². The summed E-state index contributed by atoms with van der Waals surface area (Å²) in [4.78, 5) is 0. The summed E-state index contributed by atoms with van der Waals surface area (Å²) in [6.45, 7) is 2.25. The Hall–Kier alpha value is -1.22. The highest BCUT2D eigenvalue weighted by atomic mass is 16.5. The average molecular weight is 235 g/mol. The van der Waals surface area contributed by atoms with E-state index in [-0.39, 0.29) is 11.5 Å². The summed E-state index contributed by atoms with van der Waals surface area (Å²) < 4.78 is 11.0. The van der Waals surface area contributed by atoms with Crippen LogP contribution in [0, 0.1) is 0 Å². The Labute approximate surface area is 103 Å². The van der Waals surface area contributed by atoms with Gasteiger partial charge in [-0.3, -0.25) is 0 Å². The molecule has 3 heteroatoms. The topological polar surface area (TPSA) is 44.5 Å². The minimum absolute atomic E-state index is 0.0668. The Morgan fingerprint density at radius 3 is 2.24 bits per heavy atom. The standard InChI is InChI=1S/C14H21NO2/c1-14(8-7-10(15)9-14)13-11(16-2)5-4-6-12(13)17-3/h4-6,10H,7-9,15H2,1-3H3. The van der Waals surface area contributed by atoms with Crippen molar-refractivity contribution in [3.8, 4) is 11.5 Å². The Morgan fingerprint density at radius 1 is 1.24 bits per heavy atom. The van der Waals surface area contributed by atoms with Crippen LogP contribution in [0.1, 0.15) is 31.7 Å². The number of hydrogen-bond donors (Lipinski definition) is 1. The third-order valence-corrected chi connectivity index (χ3v) is 3.81. The molecule has 3 nitrogen and oxygen atoms in total. The highest BCUT2D eigenvalue weighted by Gasteiger charge is 2.39. The van der Waals surface area contributed by atoms with Gasteiger partial charge in [0, 0.05) is 17.0 Å². The molecule has 2 N–H and O–H groups in total. The fourth-order valence-corrected chi connectivity index (χ4v) is 2.96. The van der Waals surface area contributed by atoms with Gasteiger partial charge in [0.05, 0.1) is 14.2 Å². The number of rotatable bonds is 3. The lowest BCUT2D eigenvalue weighted by atomic mass is 9.79. The second kappa shape index (κ2) is 4.57. The third-order valence-electron chi connectivity index (χ3n) is 3.81. The fraction of sp³-hybridized carbons (Fsp3) is 0.571. The molecule has 1 aliphatic rings. The maximum atomic E-state index is 6.05. The SMILES string of the molecule is COc1cccc(OC)c1C1(C)CCC(N)C1. The molecule has 1 saturated carbocycles. The second-order valence-electron chi connectivity index (χ2n) is 5.10. The van der Waals surface area contributed by atoms with Crippen molar-refractivity contribution in [1.29, 1.82) is 0 Å². The van der Waals surface area contributed by atoms with Gasteiger partial charge in [-0.25, -0.2) is 0 Å². The fourth-order valence-electron chi connectivity index (χ4n) is 2.96. The van der Waals surface area contributed by atoms with Crippen LogP contribution in [-0.2, 0) is 5.41 Å². The van der Waals surface area contributed by atoms with E-state index in [1.165, 1.54) is 0 Å². The average Bonchev–Trinajstić information content (AvgIpc) is 2.69. The highest BCUT2D eigenvalue weighted by molar-refractivity contribution is 5.50. The van der Waals surface area contributed by atoms with E-state index in [2.05, 4.69) is 6.92 Å². The van der Waals surface area contributed by atoms with Crippen molar-refractivity contribution < 1.29 is 9.47 Å². The summed E-state index contributed by atoms with van der Waals surface area (Å²) in [6.07, 6.45) is 3.15. The first-order valence-corrected chi connectivity index (χ1v) is 6.08. The molecule has 2 rings (SSSR count). The zero-order chi connectivity index (χ0) is 12.5. The van der Waals surface area contributed by atoms with Crippen LogP contribution in [0.3, 0.4) is 0 Å². The predicted octanol–water partition coefficient (Wildman–Crippen LogP) is 2.47. The molecule has 1 aromatic carbocycles.